The maximum absolute atomic E-state index is 12.5. The Bertz CT molecular complexity index is 927. The van der Waals surface area contributed by atoms with Crippen molar-refractivity contribution in [3.05, 3.63) is 52.5 Å². The van der Waals surface area contributed by atoms with E-state index in [9.17, 15) is 13.2 Å². The zero-order chi connectivity index (χ0) is 19.4. The molecule has 3 rings (SSSR count). The van der Waals surface area contributed by atoms with Crippen LogP contribution < -0.4 is 10.0 Å². The molecular formula is C18H19Cl2N3O3S. The molecule has 0 spiro atoms. The Kier molecular flexibility index (Phi) is 6.14. The third kappa shape index (κ3) is 5.06. The fraction of sp³-hybridized carbons (Fsp3) is 0.278. The van der Waals surface area contributed by atoms with Crippen LogP contribution in [0.3, 0.4) is 0 Å². The van der Waals surface area contributed by atoms with E-state index in [4.69, 9.17) is 23.2 Å². The molecular weight excluding hydrogens is 409 g/mol. The van der Waals surface area contributed by atoms with Gasteiger partial charge in [0.05, 0.1) is 20.6 Å². The summed E-state index contributed by atoms with van der Waals surface area (Å²) in [5.41, 5.74) is 0.853. The van der Waals surface area contributed by atoms with Gasteiger partial charge in [0.15, 0.2) is 0 Å². The minimum Gasteiger partial charge on any atom is -0.325 e. The summed E-state index contributed by atoms with van der Waals surface area (Å²) in [7, 11) is -3.78. The maximum Gasteiger partial charge on any atom is 0.321 e. The fourth-order valence-corrected chi connectivity index (χ4v) is 4.14. The zero-order valence-corrected chi connectivity index (χ0v) is 16.7. The molecule has 0 radical (unpaired) electrons. The van der Waals surface area contributed by atoms with E-state index in [0.717, 1.165) is 32.4 Å². The van der Waals surface area contributed by atoms with Gasteiger partial charge in [-0.3, -0.25) is 4.72 Å². The molecule has 0 unspecified atom stereocenters. The number of piperidine rings is 1. The van der Waals surface area contributed by atoms with Crippen LogP contribution in [0.1, 0.15) is 19.3 Å². The molecule has 2 N–H and O–H groups in total. The van der Waals surface area contributed by atoms with Crippen molar-refractivity contribution in [3.63, 3.8) is 0 Å². The number of anilines is 2. The van der Waals surface area contributed by atoms with Crippen LogP contribution in [0.5, 0.6) is 0 Å². The number of likely N-dealkylation sites (tertiary alicyclic amines) is 1. The van der Waals surface area contributed by atoms with Crippen molar-refractivity contribution in [2.45, 2.75) is 24.2 Å². The number of nitrogens with zero attached hydrogens (tertiary/aromatic N) is 1. The molecule has 1 aliphatic heterocycles. The lowest BCUT2D eigenvalue weighted by molar-refractivity contribution is 0.200. The third-order valence-electron chi connectivity index (χ3n) is 4.23. The van der Waals surface area contributed by atoms with Crippen molar-refractivity contribution in [2.75, 3.05) is 23.1 Å². The molecule has 0 atom stereocenters. The number of carbonyl (C=O) groups excluding carboxylic acids is 1. The summed E-state index contributed by atoms with van der Waals surface area (Å²) < 4.78 is 27.4. The number of hydrogen-bond donors (Lipinski definition) is 2. The van der Waals surface area contributed by atoms with Crippen LogP contribution in [0.15, 0.2) is 47.4 Å². The Hall–Kier alpha value is -1.96. The molecule has 9 heteroatoms. The van der Waals surface area contributed by atoms with Crippen LogP contribution in [0.2, 0.25) is 10.0 Å². The smallest absolute Gasteiger partial charge is 0.321 e. The van der Waals surface area contributed by atoms with E-state index in [1.165, 1.54) is 30.3 Å². The summed E-state index contributed by atoms with van der Waals surface area (Å²) in [4.78, 5) is 14.0. The predicted octanol–water partition coefficient (Wildman–Crippen LogP) is 4.81. The minimum atomic E-state index is -3.78. The van der Waals surface area contributed by atoms with E-state index in [1.807, 2.05) is 0 Å². The van der Waals surface area contributed by atoms with E-state index >= 15 is 0 Å². The van der Waals surface area contributed by atoms with Gasteiger partial charge in [0, 0.05) is 18.8 Å². The van der Waals surface area contributed by atoms with E-state index in [0.29, 0.717) is 16.4 Å². The van der Waals surface area contributed by atoms with Gasteiger partial charge in [-0.1, -0.05) is 23.2 Å². The van der Waals surface area contributed by atoms with Crippen LogP contribution in [0, 0.1) is 0 Å². The average molecular weight is 428 g/mol. The summed E-state index contributed by atoms with van der Waals surface area (Å²) in [6.07, 6.45) is 3.15. The predicted molar refractivity (Wildman–Crippen MR) is 108 cm³/mol. The molecule has 1 fully saturated rings. The first-order valence-corrected chi connectivity index (χ1v) is 10.7. The first kappa shape index (κ1) is 19.8. The molecule has 6 nitrogen and oxygen atoms in total. The van der Waals surface area contributed by atoms with E-state index in [-0.39, 0.29) is 15.9 Å². The molecule has 0 aliphatic carbocycles. The monoisotopic (exact) mass is 427 g/mol. The second-order valence-corrected chi connectivity index (χ2v) is 8.73. The van der Waals surface area contributed by atoms with Crippen LogP contribution in [0.25, 0.3) is 0 Å². The van der Waals surface area contributed by atoms with Gasteiger partial charge in [-0.25, -0.2) is 13.2 Å². The topological polar surface area (TPSA) is 78.5 Å². The Morgan fingerprint density at radius 2 is 1.52 bits per heavy atom. The highest BCUT2D eigenvalue weighted by Crippen LogP contribution is 2.26. The van der Waals surface area contributed by atoms with E-state index < -0.39 is 10.0 Å². The second kappa shape index (κ2) is 8.37. The normalized spacial score (nSPS) is 14.7. The SMILES string of the molecule is O=C(Nc1ccc(S(=O)(=O)Nc2ccc(Cl)c(Cl)c2)cc1)N1CCCCC1. The van der Waals surface area contributed by atoms with Crippen molar-refractivity contribution in [1.82, 2.24) is 4.90 Å². The number of hydrogen-bond acceptors (Lipinski definition) is 3. The molecule has 0 aromatic heterocycles. The van der Waals surface area contributed by atoms with Crippen LogP contribution in [-0.4, -0.2) is 32.4 Å². The summed E-state index contributed by atoms with van der Waals surface area (Å²) in [5, 5.41) is 3.39. The minimum absolute atomic E-state index is 0.0737. The standard InChI is InChI=1S/C18H19Cl2N3O3S/c19-16-9-6-14(12-17(16)20)22-27(25,26)15-7-4-13(5-8-15)21-18(24)23-10-2-1-3-11-23/h4-9,12,22H,1-3,10-11H2,(H,21,24). The van der Waals surface area contributed by atoms with Gasteiger partial charge in [-0.2, -0.15) is 0 Å². The van der Waals surface area contributed by atoms with Crippen LogP contribution in [-0.2, 0) is 10.0 Å². The molecule has 2 amide bonds. The largest absolute Gasteiger partial charge is 0.325 e. The summed E-state index contributed by atoms with van der Waals surface area (Å²) >= 11 is 11.7. The summed E-state index contributed by atoms with van der Waals surface area (Å²) in [6, 6.07) is 10.3. The first-order chi connectivity index (χ1) is 12.8. The van der Waals surface area contributed by atoms with Gasteiger partial charge >= 0.3 is 6.03 Å². The van der Waals surface area contributed by atoms with Gasteiger partial charge in [-0.05, 0) is 61.7 Å². The summed E-state index contributed by atoms with van der Waals surface area (Å²) in [5.74, 6) is 0. The van der Waals surface area contributed by atoms with Crippen molar-refractivity contribution >= 4 is 50.6 Å². The van der Waals surface area contributed by atoms with Gasteiger partial charge in [-0.15, -0.1) is 0 Å². The number of benzene rings is 2. The Morgan fingerprint density at radius 3 is 2.15 bits per heavy atom. The number of rotatable bonds is 4. The highest BCUT2D eigenvalue weighted by atomic mass is 35.5. The lowest BCUT2D eigenvalue weighted by atomic mass is 10.1. The van der Waals surface area contributed by atoms with Gasteiger partial charge in [0.25, 0.3) is 10.0 Å². The Labute approximate surface area is 168 Å². The van der Waals surface area contributed by atoms with Gasteiger partial charge < -0.3 is 10.2 Å². The third-order valence-corrected chi connectivity index (χ3v) is 6.37. The van der Waals surface area contributed by atoms with E-state index in [2.05, 4.69) is 10.0 Å². The molecule has 1 aliphatic rings. The number of halogens is 2. The highest BCUT2D eigenvalue weighted by Gasteiger charge is 2.18. The highest BCUT2D eigenvalue weighted by molar-refractivity contribution is 7.92. The molecule has 1 heterocycles. The molecule has 2 aromatic carbocycles. The Morgan fingerprint density at radius 1 is 0.889 bits per heavy atom. The molecule has 0 bridgehead atoms. The quantitative estimate of drug-likeness (QED) is 0.734. The van der Waals surface area contributed by atoms with Crippen LogP contribution >= 0.6 is 23.2 Å². The lowest BCUT2D eigenvalue weighted by Crippen LogP contribution is -2.38. The fourth-order valence-electron chi connectivity index (χ4n) is 2.79. The zero-order valence-electron chi connectivity index (χ0n) is 14.4. The molecule has 27 heavy (non-hydrogen) atoms. The van der Waals surface area contributed by atoms with Crippen molar-refractivity contribution in [1.29, 1.82) is 0 Å². The molecule has 144 valence electrons. The molecule has 0 saturated carbocycles. The van der Waals surface area contributed by atoms with Crippen molar-refractivity contribution < 1.29 is 13.2 Å². The number of carbonyl (C=O) groups is 1. The number of nitrogens with one attached hydrogen (secondary N) is 2. The molecule has 1 saturated heterocycles. The van der Waals surface area contributed by atoms with Crippen molar-refractivity contribution in [3.8, 4) is 0 Å². The number of urea groups is 1. The lowest BCUT2D eigenvalue weighted by Gasteiger charge is -2.26. The van der Waals surface area contributed by atoms with Crippen molar-refractivity contribution in [2.24, 2.45) is 0 Å². The second-order valence-electron chi connectivity index (χ2n) is 6.24. The van der Waals surface area contributed by atoms with Gasteiger partial charge in [0.2, 0.25) is 0 Å². The maximum atomic E-state index is 12.5. The van der Waals surface area contributed by atoms with Gasteiger partial charge in [0.1, 0.15) is 0 Å². The summed E-state index contributed by atoms with van der Waals surface area (Å²) in [6.45, 7) is 1.48. The average Bonchev–Trinajstić information content (AvgIpc) is 2.66. The Balaban J connectivity index is 1.68. The van der Waals surface area contributed by atoms with E-state index in [1.54, 1.807) is 17.0 Å². The van der Waals surface area contributed by atoms with Crippen LogP contribution in [0.4, 0.5) is 16.2 Å². The number of sulfonamides is 1. The first-order valence-electron chi connectivity index (χ1n) is 8.49. The number of amides is 2. The molecule has 2 aromatic rings.